The SMILES string of the molecule is COc1ccc(CN(C)c2cc[c]cc2)cc1. The molecule has 0 heterocycles. The van der Waals surface area contributed by atoms with Crippen LogP contribution in [-0.2, 0) is 6.54 Å². The van der Waals surface area contributed by atoms with Crippen LogP contribution in [0.4, 0.5) is 5.69 Å². The highest BCUT2D eigenvalue weighted by Gasteiger charge is 2.01. The highest BCUT2D eigenvalue weighted by Crippen LogP contribution is 2.16. The normalized spacial score (nSPS) is 10.0. The van der Waals surface area contributed by atoms with Gasteiger partial charge in [-0.25, -0.2) is 0 Å². The largest absolute Gasteiger partial charge is 0.497 e. The third-order valence-corrected chi connectivity index (χ3v) is 2.72. The maximum Gasteiger partial charge on any atom is 0.118 e. The number of rotatable bonds is 4. The Morgan fingerprint density at radius 3 is 2.29 bits per heavy atom. The molecule has 0 aromatic heterocycles. The number of nitrogens with zero attached hydrogens (tertiary/aromatic N) is 1. The number of anilines is 1. The van der Waals surface area contributed by atoms with Gasteiger partial charge in [-0.2, -0.15) is 0 Å². The summed E-state index contributed by atoms with van der Waals surface area (Å²) in [5, 5.41) is 0. The van der Waals surface area contributed by atoms with Gasteiger partial charge in [-0.15, -0.1) is 0 Å². The predicted octanol–water partition coefficient (Wildman–Crippen LogP) is 3.13. The lowest BCUT2D eigenvalue weighted by atomic mass is 10.2. The maximum absolute atomic E-state index is 5.14. The number of benzene rings is 2. The molecule has 2 nitrogen and oxygen atoms in total. The summed E-state index contributed by atoms with van der Waals surface area (Å²) >= 11 is 0. The van der Waals surface area contributed by atoms with Crippen molar-refractivity contribution in [3.8, 4) is 5.75 Å². The molecule has 17 heavy (non-hydrogen) atoms. The summed E-state index contributed by atoms with van der Waals surface area (Å²) in [7, 11) is 3.77. The van der Waals surface area contributed by atoms with E-state index in [1.54, 1.807) is 7.11 Å². The molecule has 2 rings (SSSR count). The minimum absolute atomic E-state index is 0.883. The van der Waals surface area contributed by atoms with Crippen molar-refractivity contribution in [2.75, 3.05) is 19.1 Å². The summed E-state index contributed by atoms with van der Waals surface area (Å²) in [5.41, 5.74) is 2.46. The Balaban J connectivity index is 2.05. The van der Waals surface area contributed by atoms with Crippen LogP contribution in [0.3, 0.4) is 0 Å². The van der Waals surface area contributed by atoms with Crippen LogP contribution in [0.15, 0.2) is 48.5 Å². The van der Waals surface area contributed by atoms with Gasteiger partial charge in [0, 0.05) is 19.3 Å². The van der Waals surface area contributed by atoms with E-state index in [0.29, 0.717) is 0 Å². The van der Waals surface area contributed by atoms with Crippen molar-refractivity contribution in [1.29, 1.82) is 0 Å². The molecule has 0 fully saturated rings. The lowest BCUT2D eigenvalue weighted by Crippen LogP contribution is -2.15. The molecule has 0 atom stereocenters. The second-order valence-corrected chi connectivity index (χ2v) is 3.96. The molecule has 0 aliphatic heterocycles. The average Bonchev–Trinajstić information content (AvgIpc) is 2.40. The lowest BCUT2D eigenvalue weighted by Gasteiger charge is -2.19. The van der Waals surface area contributed by atoms with Crippen LogP contribution in [-0.4, -0.2) is 14.2 Å². The molecule has 0 aliphatic rings. The third-order valence-electron chi connectivity index (χ3n) is 2.72. The summed E-state index contributed by atoms with van der Waals surface area (Å²) in [6.45, 7) is 0.883. The summed E-state index contributed by atoms with van der Waals surface area (Å²) in [6, 6.07) is 19.2. The van der Waals surface area contributed by atoms with Gasteiger partial charge in [-0.3, -0.25) is 0 Å². The van der Waals surface area contributed by atoms with Crippen molar-refractivity contribution in [2.45, 2.75) is 6.54 Å². The predicted molar refractivity (Wildman–Crippen MR) is 70.4 cm³/mol. The first-order chi connectivity index (χ1) is 8.29. The summed E-state index contributed by atoms with van der Waals surface area (Å²) in [4.78, 5) is 2.20. The topological polar surface area (TPSA) is 12.5 Å². The zero-order chi connectivity index (χ0) is 12.1. The van der Waals surface area contributed by atoms with Gasteiger partial charge in [0.25, 0.3) is 0 Å². The number of hydrogen-bond donors (Lipinski definition) is 0. The monoisotopic (exact) mass is 226 g/mol. The minimum Gasteiger partial charge on any atom is -0.497 e. The Labute approximate surface area is 102 Å². The molecule has 1 radical (unpaired) electrons. The zero-order valence-corrected chi connectivity index (χ0v) is 10.2. The van der Waals surface area contributed by atoms with Gasteiger partial charge in [0.1, 0.15) is 5.75 Å². The van der Waals surface area contributed by atoms with Crippen LogP contribution in [0.5, 0.6) is 5.75 Å². The molecule has 0 N–H and O–H groups in total. The Morgan fingerprint density at radius 1 is 1.06 bits per heavy atom. The average molecular weight is 226 g/mol. The summed E-state index contributed by atoms with van der Waals surface area (Å²) in [6.07, 6.45) is 0. The van der Waals surface area contributed by atoms with Crippen molar-refractivity contribution in [3.63, 3.8) is 0 Å². The van der Waals surface area contributed by atoms with Gasteiger partial charge in [0.15, 0.2) is 0 Å². The van der Waals surface area contributed by atoms with E-state index in [2.05, 4.69) is 42.3 Å². The van der Waals surface area contributed by atoms with E-state index in [9.17, 15) is 0 Å². The standard InChI is InChI=1S/C15H16NO/c1-16(14-6-4-3-5-7-14)12-13-8-10-15(17-2)11-9-13/h4-11H,12H2,1-2H3. The van der Waals surface area contributed by atoms with Crippen molar-refractivity contribution in [3.05, 3.63) is 60.2 Å². The fourth-order valence-electron chi connectivity index (χ4n) is 1.73. The summed E-state index contributed by atoms with van der Waals surface area (Å²) in [5.74, 6) is 0.894. The van der Waals surface area contributed by atoms with Crippen LogP contribution in [0.1, 0.15) is 5.56 Å². The van der Waals surface area contributed by atoms with Crippen LogP contribution in [0, 0.1) is 6.07 Å². The molecule has 0 spiro atoms. The first kappa shape index (κ1) is 11.5. The van der Waals surface area contributed by atoms with E-state index in [1.807, 2.05) is 24.3 Å². The van der Waals surface area contributed by atoms with E-state index < -0.39 is 0 Å². The first-order valence-electron chi connectivity index (χ1n) is 5.60. The van der Waals surface area contributed by atoms with Gasteiger partial charge in [-0.1, -0.05) is 24.3 Å². The molecule has 0 saturated carbocycles. The number of ether oxygens (including phenoxy) is 1. The van der Waals surface area contributed by atoms with E-state index in [4.69, 9.17) is 4.74 Å². The van der Waals surface area contributed by atoms with E-state index in [-0.39, 0.29) is 0 Å². The molecule has 87 valence electrons. The second-order valence-electron chi connectivity index (χ2n) is 3.96. The Morgan fingerprint density at radius 2 is 1.71 bits per heavy atom. The van der Waals surface area contributed by atoms with Crippen LogP contribution < -0.4 is 9.64 Å². The third kappa shape index (κ3) is 3.00. The van der Waals surface area contributed by atoms with E-state index >= 15 is 0 Å². The fraction of sp³-hybridized carbons (Fsp3) is 0.200. The zero-order valence-electron chi connectivity index (χ0n) is 10.2. The smallest absolute Gasteiger partial charge is 0.118 e. The number of methoxy groups -OCH3 is 1. The van der Waals surface area contributed by atoms with Crippen LogP contribution in [0.2, 0.25) is 0 Å². The summed E-state index contributed by atoms with van der Waals surface area (Å²) < 4.78 is 5.14. The van der Waals surface area contributed by atoms with E-state index in [0.717, 1.165) is 12.3 Å². The van der Waals surface area contributed by atoms with Crippen molar-refractivity contribution in [1.82, 2.24) is 0 Å². The Bertz CT molecular complexity index is 450. The van der Waals surface area contributed by atoms with Gasteiger partial charge in [0.05, 0.1) is 7.11 Å². The maximum atomic E-state index is 5.14. The van der Waals surface area contributed by atoms with Crippen LogP contribution in [0.25, 0.3) is 0 Å². The highest BCUT2D eigenvalue weighted by molar-refractivity contribution is 5.45. The molecule has 2 aromatic carbocycles. The molecule has 0 amide bonds. The van der Waals surface area contributed by atoms with Gasteiger partial charge in [-0.05, 0) is 35.9 Å². The number of hydrogen-bond acceptors (Lipinski definition) is 2. The Hall–Kier alpha value is -1.96. The molecule has 2 aromatic rings. The van der Waals surface area contributed by atoms with Crippen LogP contribution >= 0.6 is 0 Å². The lowest BCUT2D eigenvalue weighted by molar-refractivity contribution is 0.414. The first-order valence-corrected chi connectivity index (χ1v) is 5.60. The van der Waals surface area contributed by atoms with Crippen molar-refractivity contribution < 1.29 is 4.74 Å². The highest BCUT2D eigenvalue weighted by atomic mass is 16.5. The van der Waals surface area contributed by atoms with E-state index in [1.165, 1.54) is 11.3 Å². The molecule has 0 bridgehead atoms. The molecule has 0 unspecified atom stereocenters. The second kappa shape index (κ2) is 5.39. The van der Waals surface area contributed by atoms with Gasteiger partial charge in [0.2, 0.25) is 0 Å². The Kier molecular flexibility index (Phi) is 3.66. The quantitative estimate of drug-likeness (QED) is 0.794. The van der Waals surface area contributed by atoms with Crippen molar-refractivity contribution in [2.24, 2.45) is 0 Å². The minimum atomic E-state index is 0.883. The molecule has 0 aliphatic carbocycles. The molecule has 2 heteroatoms. The van der Waals surface area contributed by atoms with Crippen molar-refractivity contribution >= 4 is 5.69 Å². The van der Waals surface area contributed by atoms with Gasteiger partial charge < -0.3 is 9.64 Å². The fourth-order valence-corrected chi connectivity index (χ4v) is 1.73. The van der Waals surface area contributed by atoms with Gasteiger partial charge >= 0.3 is 0 Å². The molecule has 0 saturated heterocycles. The molecular formula is C15H16NO. The molecular weight excluding hydrogens is 210 g/mol.